The molecule has 0 aromatic heterocycles. The van der Waals surface area contributed by atoms with E-state index in [4.69, 9.17) is 37.4 Å². The number of nitrogens with zero attached hydrogens (tertiary/aromatic N) is 2. The Morgan fingerprint density at radius 2 is 1.66 bits per heavy atom. The number of ether oxygens (including phenoxy) is 3. The zero-order chi connectivity index (χ0) is 27.6. The molecule has 2 amide bonds. The van der Waals surface area contributed by atoms with E-state index in [1.54, 1.807) is 18.1 Å². The van der Waals surface area contributed by atoms with E-state index < -0.39 is 11.9 Å². The standard InChI is InChI=1S/C27H23BrCl2N2O6/c1-15(33)38-14-17-8-21(28)20-13-31(12-16-4-6-19(36-2)7-5-16)27(35)32(24(20)9-17)25-22(29)10-18(11-23(25)30)26(34)37-3/h4-11H,12-14H2,1-3H3. The van der Waals surface area contributed by atoms with Crippen LogP contribution in [0, 0.1) is 0 Å². The van der Waals surface area contributed by atoms with E-state index in [0.717, 1.165) is 11.1 Å². The van der Waals surface area contributed by atoms with Gasteiger partial charge in [-0.15, -0.1) is 0 Å². The Bertz CT molecular complexity index is 1390. The van der Waals surface area contributed by atoms with Gasteiger partial charge in [-0.05, 0) is 47.5 Å². The highest BCUT2D eigenvalue weighted by Gasteiger charge is 2.36. The monoisotopic (exact) mass is 620 g/mol. The van der Waals surface area contributed by atoms with Gasteiger partial charge in [-0.25, -0.2) is 9.59 Å². The van der Waals surface area contributed by atoms with Crippen molar-refractivity contribution in [3.63, 3.8) is 0 Å². The maximum atomic E-state index is 14.0. The predicted molar refractivity (Wildman–Crippen MR) is 147 cm³/mol. The van der Waals surface area contributed by atoms with Crippen molar-refractivity contribution in [1.29, 1.82) is 0 Å². The minimum absolute atomic E-state index is 0.0154. The van der Waals surface area contributed by atoms with Crippen LogP contribution in [0.25, 0.3) is 0 Å². The molecular weight excluding hydrogens is 599 g/mol. The van der Waals surface area contributed by atoms with Crippen LogP contribution in [0.3, 0.4) is 0 Å². The van der Waals surface area contributed by atoms with E-state index in [9.17, 15) is 14.4 Å². The lowest BCUT2D eigenvalue weighted by molar-refractivity contribution is -0.142. The summed E-state index contributed by atoms with van der Waals surface area (Å²) in [4.78, 5) is 40.6. The fraction of sp³-hybridized carbons (Fsp3) is 0.222. The van der Waals surface area contributed by atoms with Gasteiger partial charge in [0.25, 0.3) is 0 Å². The first-order valence-electron chi connectivity index (χ1n) is 11.4. The molecule has 3 aromatic carbocycles. The van der Waals surface area contributed by atoms with E-state index in [1.165, 1.54) is 31.1 Å². The van der Waals surface area contributed by atoms with Gasteiger partial charge in [-0.2, -0.15) is 0 Å². The molecule has 0 bridgehead atoms. The Hall–Kier alpha value is -3.27. The van der Waals surface area contributed by atoms with Crippen LogP contribution in [0.2, 0.25) is 10.0 Å². The zero-order valence-corrected chi connectivity index (χ0v) is 23.8. The number of carbonyl (C=O) groups is 3. The molecule has 0 N–H and O–H groups in total. The highest BCUT2D eigenvalue weighted by Crippen LogP contribution is 2.45. The van der Waals surface area contributed by atoms with Crippen LogP contribution in [-0.2, 0) is 34.0 Å². The Labute approximate surface area is 238 Å². The van der Waals surface area contributed by atoms with Gasteiger partial charge in [-0.3, -0.25) is 9.69 Å². The molecule has 0 atom stereocenters. The summed E-state index contributed by atoms with van der Waals surface area (Å²) >= 11 is 16.9. The molecule has 198 valence electrons. The van der Waals surface area contributed by atoms with E-state index in [1.807, 2.05) is 30.3 Å². The first-order chi connectivity index (χ1) is 18.1. The van der Waals surface area contributed by atoms with E-state index in [0.29, 0.717) is 34.6 Å². The summed E-state index contributed by atoms with van der Waals surface area (Å²) in [5.74, 6) is -0.335. The number of carbonyl (C=O) groups excluding carboxylic acids is 3. The fourth-order valence-electron chi connectivity index (χ4n) is 4.11. The van der Waals surface area contributed by atoms with Crippen LogP contribution in [-0.4, -0.2) is 37.1 Å². The van der Waals surface area contributed by atoms with Gasteiger partial charge in [0.2, 0.25) is 0 Å². The van der Waals surface area contributed by atoms with Crippen molar-refractivity contribution in [2.75, 3.05) is 19.1 Å². The topological polar surface area (TPSA) is 85.4 Å². The molecule has 38 heavy (non-hydrogen) atoms. The van der Waals surface area contributed by atoms with E-state index in [-0.39, 0.29) is 33.9 Å². The fourth-order valence-corrected chi connectivity index (χ4v) is 5.39. The molecule has 0 spiro atoms. The highest BCUT2D eigenvalue weighted by atomic mass is 79.9. The van der Waals surface area contributed by atoms with Gasteiger partial charge in [0.15, 0.2) is 0 Å². The lowest BCUT2D eigenvalue weighted by Gasteiger charge is -2.38. The number of urea groups is 1. The average molecular weight is 622 g/mol. The number of hydrogen-bond donors (Lipinski definition) is 0. The van der Waals surface area contributed by atoms with Crippen LogP contribution in [0.1, 0.15) is 34.0 Å². The molecule has 4 rings (SSSR count). The molecule has 1 aliphatic rings. The molecule has 1 aliphatic heterocycles. The first-order valence-corrected chi connectivity index (χ1v) is 12.9. The quantitative estimate of drug-likeness (QED) is 0.267. The van der Waals surface area contributed by atoms with Crippen molar-refractivity contribution >= 4 is 68.5 Å². The van der Waals surface area contributed by atoms with Gasteiger partial charge in [0.1, 0.15) is 12.4 Å². The number of anilines is 2. The third-order valence-electron chi connectivity index (χ3n) is 5.92. The van der Waals surface area contributed by atoms with Crippen LogP contribution < -0.4 is 9.64 Å². The number of rotatable bonds is 7. The summed E-state index contributed by atoms with van der Waals surface area (Å²) in [6, 6.07) is 13.4. The van der Waals surface area contributed by atoms with E-state index >= 15 is 0 Å². The summed E-state index contributed by atoms with van der Waals surface area (Å²) in [5, 5.41) is 0.176. The second-order valence-corrected chi connectivity index (χ2v) is 10.1. The Morgan fingerprint density at radius 1 is 1.00 bits per heavy atom. The molecule has 0 aliphatic carbocycles. The number of methoxy groups -OCH3 is 2. The minimum Gasteiger partial charge on any atom is -0.497 e. The van der Waals surface area contributed by atoms with Gasteiger partial charge in [-0.1, -0.05) is 51.3 Å². The molecule has 0 fully saturated rings. The second-order valence-electron chi connectivity index (χ2n) is 8.46. The summed E-state index contributed by atoms with van der Waals surface area (Å²) in [7, 11) is 2.84. The second kappa shape index (κ2) is 11.6. The molecule has 0 saturated heterocycles. The largest absolute Gasteiger partial charge is 0.497 e. The predicted octanol–water partition coefficient (Wildman–Crippen LogP) is 6.89. The third-order valence-corrected chi connectivity index (χ3v) is 7.20. The molecule has 0 radical (unpaired) electrons. The number of hydrogen-bond acceptors (Lipinski definition) is 6. The Morgan fingerprint density at radius 3 is 2.24 bits per heavy atom. The normalized spacial score (nSPS) is 12.7. The number of benzene rings is 3. The maximum Gasteiger partial charge on any atom is 0.337 e. The van der Waals surface area contributed by atoms with Crippen molar-refractivity contribution in [3.8, 4) is 5.75 Å². The Kier molecular flexibility index (Phi) is 8.50. The van der Waals surface area contributed by atoms with Gasteiger partial charge < -0.3 is 19.1 Å². The lowest BCUT2D eigenvalue weighted by atomic mass is 10.0. The summed E-state index contributed by atoms with van der Waals surface area (Å²) in [5.41, 5.74) is 3.23. The summed E-state index contributed by atoms with van der Waals surface area (Å²) in [6.07, 6.45) is 0. The van der Waals surface area contributed by atoms with Crippen molar-refractivity contribution in [3.05, 3.63) is 85.3 Å². The van der Waals surface area contributed by atoms with Crippen molar-refractivity contribution in [1.82, 2.24) is 4.90 Å². The molecular formula is C27H23BrCl2N2O6. The number of esters is 2. The van der Waals surface area contributed by atoms with Crippen LogP contribution in [0.15, 0.2) is 53.0 Å². The smallest absolute Gasteiger partial charge is 0.337 e. The highest BCUT2D eigenvalue weighted by molar-refractivity contribution is 9.10. The van der Waals surface area contributed by atoms with Crippen LogP contribution in [0.4, 0.5) is 16.2 Å². The van der Waals surface area contributed by atoms with Crippen LogP contribution >= 0.6 is 39.1 Å². The van der Waals surface area contributed by atoms with Crippen molar-refractivity contribution < 1.29 is 28.6 Å². The molecule has 1 heterocycles. The summed E-state index contributed by atoms with van der Waals surface area (Å²) < 4.78 is 15.9. The molecule has 0 saturated carbocycles. The molecule has 11 heteroatoms. The third kappa shape index (κ3) is 5.75. The Balaban J connectivity index is 1.83. The summed E-state index contributed by atoms with van der Waals surface area (Å²) in [6.45, 7) is 1.93. The minimum atomic E-state index is -0.613. The van der Waals surface area contributed by atoms with Gasteiger partial charge >= 0.3 is 18.0 Å². The zero-order valence-electron chi connectivity index (χ0n) is 20.7. The average Bonchev–Trinajstić information content (AvgIpc) is 2.89. The van der Waals surface area contributed by atoms with Gasteiger partial charge in [0, 0.05) is 23.5 Å². The van der Waals surface area contributed by atoms with Crippen LogP contribution in [0.5, 0.6) is 5.75 Å². The lowest BCUT2D eigenvalue weighted by Crippen LogP contribution is -2.44. The molecule has 3 aromatic rings. The van der Waals surface area contributed by atoms with Gasteiger partial charge in [0.05, 0.1) is 47.7 Å². The maximum absolute atomic E-state index is 14.0. The number of fused-ring (bicyclic) bond motifs is 1. The molecule has 8 nitrogen and oxygen atoms in total. The SMILES string of the molecule is COC(=O)c1cc(Cl)c(N2C(=O)N(Cc3ccc(OC)cc3)Cc3c(Br)cc(COC(C)=O)cc32)c(Cl)c1. The number of amides is 2. The molecule has 0 unspecified atom stereocenters. The van der Waals surface area contributed by atoms with Crippen molar-refractivity contribution in [2.45, 2.75) is 26.6 Å². The number of halogens is 3. The van der Waals surface area contributed by atoms with E-state index in [2.05, 4.69) is 15.9 Å². The van der Waals surface area contributed by atoms with Crippen molar-refractivity contribution in [2.24, 2.45) is 0 Å². The first kappa shape index (κ1) is 27.8.